The normalized spacial score (nSPS) is 14.3. The lowest BCUT2D eigenvalue weighted by Gasteiger charge is -2.30. The topological polar surface area (TPSA) is 161 Å². The zero-order valence-corrected chi connectivity index (χ0v) is 23.7. The first kappa shape index (κ1) is 29.2. The molecule has 2 heterocycles. The fraction of sp³-hybridized carbons (Fsp3) is 0.276. The van der Waals surface area contributed by atoms with Crippen LogP contribution in [0.15, 0.2) is 48.7 Å². The van der Waals surface area contributed by atoms with E-state index in [0.29, 0.717) is 54.1 Å². The minimum atomic E-state index is -3.25. The maximum absolute atomic E-state index is 12.7. The van der Waals surface area contributed by atoms with Gasteiger partial charge < -0.3 is 15.4 Å². The van der Waals surface area contributed by atoms with Gasteiger partial charge in [-0.1, -0.05) is 0 Å². The third-order valence-corrected chi connectivity index (χ3v) is 7.83. The van der Waals surface area contributed by atoms with Crippen LogP contribution < -0.4 is 15.4 Å². The van der Waals surface area contributed by atoms with Gasteiger partial charge in [0.15, 0.2) is 0 Å². The van der Waals surface area contributed by atoms with Crippen molar-refractivity contribution in [3.63, 3.8) is 0 Å². The molecule has 2 aromatic carbocycles. The van der Waals surface area contributed by atoms with Crippen molar-refractivity contribution in [3.8, 4) is 23.8 Å². The van der Waals surface area contributed by atoms with Gasteiger partial charge >= 0.3 is 0 Å². The number of hydrogen-bond donors (Lipinski definition) is 2. The molecule has 1 aliphatic rings. The van der Waals surface area contributed by atoms with Gasteiger partial charge in [-0.05, 0) is 80.3 Å². The lowest BCUT2D eigenvalue weighted by molar-refractivity contribution is -0.117. The van der Waals surface area contributed by atoms with Crippen LogP contribution in [0.5, 0.6) is 11.6 Å². The van der Waals surface area contributed by atoms with Crippen molar-refractivity contribution in [2.75, 3.05) is 24.7 Å². The Morgan fingerprint density at radius 1 is 1.07 bits per heavy atom. The summed E-state index contributed by atoms with van der Waals surface area (Å²) in [6.45, 7) is 4.38. The number of benzene rings is 2. The van der Waals surface area contributed by atoms with E-state index in [0.717, 1.165) is 11.1 Å². The molecule has 0 radical (unpaired) electrons. The van der Waals surface area contributed by atoms with E-state index >= 15 is 0 Å². The smallest absolute Gasteiger partial charge is 0.244 e. The van der Waals surface area contributed by atoms with E-state index < -0.39 is 10.0 Å². The molecule has 1 aliphatic heterocycles. The second-order valence-electron chi connectivity index (χ2n) is 9.70. The molecule has 0 aliphatic carbocycles. The summed E-state index contributed by atoms with van der Waals surface area (Å²) in [6.07, 6.45) is 6.67. The molecule has 0 bridgehead atoms. The highest BCUT2D eigenvalue weighted by Gasteiger charge is 2.25. The number of hydrogen-bond acceptors (Lipinski definition) is 9. The van der Waals surface area contributed by atoms with E-state index in [1.807, 2.05) is 13.8 Å². The fourth-order valence-corrected chi connectivity index (χ4v) is 5.28. The first-order valence-electron chi connectivity index (χ1n) is 12.8. The molecular weight excluding hydrogens is 542 g/mol. The number of sulfonamides is 1. The second kappa shape index (κ2) is 12.6. The van der Waals surface area contributed by atoms with Crippen LogP contribution in [0.3, 0.4) is 0 Å². The first-order chi connectivity index (χ1) is 19.5. The summed E-state index contributed by atoms with van der Waals surface area (Å²) in [6, 6.07) is 14.3. The number of aromatic nitrogens is 2. The Morgan fingerprint density at radius 3 is 2.29 bits per heavy atom. The number of carbonyl (C=O) groups is 1. The molecule has 0 saturated carbocycles. The van der Waals surface area contributed by atoms with Gasteiger partial charge in [0.05, 0.1) is 35.1 Å². The number of anilines is 2. The Hall–Kier alpha value is -4.78. The Morgan fingerprint density at radius 2 is 1.71 bits per heavy atom. The zero-order chi connectivity index (χ0) is 29.6. The average molecular weight is 572 g/mol. The Kier molecular flexibility index (Phi) is 8.97. The number of aryl methyl sites for hydroxylation is 2. The third-order valence-electron chi connectivity index (χ3n) is 6.52. The van der Waals surface area contributed by atoms with E-state index in [9.17, 15) is 18.5 Å². The van der Waals surface area contributed by atoms with Crippen molar-refractivity contribution in [1.82, 2.24) is 19.6 Å². The molecule has 0 atom stereocenters. The predicted molar refractivity (Wildman–Crippen MR) is 154 cm³/mol. The fourth-order valence-electron chi connectivity index (χ4n) is 4.41. The molecule has 2 N–H and O–H groups in total. The van der Waals surface area contributed by atoms with Crippen molar-refractivity contribution in [2.24, 2.45) is 0 Å². The SMILES string of the molecule is Cc1cc(C#N)cc(C)c1Oc1nc(Nc2ccc(C#N)cc2)ncc1/C=C/C(=O)NC1CCN(S(C)(=O)=O)CC1. The van der Waals surface area contributed by atoms with Crippen LogP contribution in [0.25, 0.3) is 6.08 Å². The molecule has 1 aromatic heterocycles. The van der Waals surface area contributed by atoms with E-state index in [-0.39, 0.29) is 23.8 Å². The molecule has 12 heteroatoms. The molecule has 0 unspecified atom stereocenters. The molecule has 11 nitrogen and oxygen atoms in total. The number of piperidine rings is 1. The van der Waals surface area contributed by atoms with Crippen LogP contribution in [-0.2, 0) is 14.8 Å². The van der Waals surface area contributed by atoms with Gasteiger partial charge in [0.25, 0.3) is 0 Å². The first-order valence-corrected chi connectivity index (χ1v) is 14.7. The number of nitriles is 2. The summed E-state index contributed by atoms with van der Waals surface area (Å²) in [5, 5.41) is 24.3. The van der Waals surface area contributed by atoms with Gasteiger partial charge in [-0.15, -0.1) is 0 Å². The van der Waals surface area contributed by atoms with Crippen LogP contribution >= 0.6 is 0 Å². The van der Waals surface area contributed by atoms with Gasteiger partial charge in [0.1, 0.15) is 5.75 Å². The van der Waals surface area contributed by atoms with Gasteiger partial charge in [-0.25, -0.2) is 17.7 Å². The van der Waals surface area contributed by atoms with Crippen molar-refractivity contribution < 1.29 is 17.9 Å². The van der Waals surface area contributed by atoms with Crippen molar-refractivity contribution >= 4 is 33.6 Å². The van der Waals surface area contributed by atoms with Crippen LogP contribution in [-0.4, -0.2) is 54.0 Å². The second-order valence-corrected chi connectivity index (χ2v) is 11.7. The number of carbonyl (C=O) groups excluding carboxylic acids is 1. The van der Waals surface area contributed by atoms with E-state index in [1.165, 1.54) is 22.8 Å². The highest BCUT2D eigenvalue weighted by atomic mass is 32.2. The zero-order valence-electron chi connectivity index (χ0n) is 22.9. The monoisotopic (exact) mass is 571 g/mol. The van der Waals surface area contributed by atoms with Gasteiger partial charge in [0.2, 0.25) is 27.8 Å². The standard InChI is InChI=1S/C29H29N7O4S/c1-19-14-22(17-31)15-20(2)27(19)40-28-23(18-32-29(35-28)34-24-7-4-21(16-30)5-8-24)6-9-26(37)33-25-10-12-36(13-11-25)41(3,38)39/h4-9,14-15,18,25H,10-13H2,1-3H3,(H,33,37)(H,32,34,35)/b9-6+. The third kappa shape index (κ3) is 7.66. The molecule has 3 aromatic rings. The Bertz CT molecular complexity index is 1640. The summed E-state index contributed by atoms with van der Waals surface area (Å²) >= 11 is 0. The largest absolute Gasteiger partial charge is 0.438 e. The van der Waals surface area contributed by atoms with Gasteiger partial charge in [-0.3, -0.25) is 4.79 Å². The maximum atomic E-state index is 12.7. The molecule has 1 amide bonds. The van der Waals surface area contributed by atoms with Crippen molar-refractivity contribution in [3.05, 3.63) is 76.5 Å². The summed E-state index contributed by atoms with van der Waals surface area (Å²) < 4.78 is 31.1. The number of nitrogens with zero attached hydrogens (tertiary/aromatic N) is 5. The number of ether oxygens (including phenoxy) is 1. The number of amides is 1. The highest BCUT2D eigenvalue weighted by Crippen LogP contribution is 2.32. The summed E-state index contributed by atoms with van der Waals surface area (Å²) in [4.78, 5) is 21.6. The van der Waals surface area contributed by atoms with Crippen LogP contribution in [0.4, 0.5) is 11.6 Å². The van der Waals surface area contributed by atoms with Crippen LogP contribution in [0.1, 0.15) is 40.7 Å². The predicted octanol–water partition coefficient (Wildman–Crippen LogP) is 3.93. The average Bonchev–Trinajstić information content (AvgIpc) is 2.94. The van der Waals surface area contributed by atoms with E-state index in [1.54, 1.807) is 42.5 Å². The van der Waals surface area contributed by atoms with Gasteiger partial charge in [0, 0.05) is 37.1 Å². The minimum Gasteiger partial charge on any atom is -0.438 e. The van der Waals surface area contributed by atoms with Crippen LogP contribution in [0, 0.1) is 36.5 Å². The molecule has 41 heavy (non-hydrogen) atoms. The molecular formula is C29H29N7O4S. The summed E-state index contributed by atoms with van der Waals surface area (Å²) in [5.41, 5.74) is 3.64. The summed E-state index contributed by atoms with van der Waals surface area (Å²) in [5.74, 6) is 0.633. The number of nitrogens with one attached hydrogen (secondary N) is 2. The highest BCUT2D eigenvalue weighted by molar-refractivity contribution is 7.88. The molecule has 0 spiro atoms. The van der Waals surface area contributed by atoms with E-state index in [2.05, 4.69) is 32.7 Å². The van der Waals surface area contributed by atoms with Crippen molar-refractivity contribution in [2.45, 2.75) is 32.7 Å². The number of rotatable bonds is 8. The Labute approximate surface area is 239 Å². The quantitative estimate of drug-likeness (QED) is 0.382. The molecule has 1 fully saturated rings. The maximum Gasteiger partial charge on any atom is 0.244 e. The van der Waals surface area contributed by atoms with Crippen LogP contribution in [0.2, 0.25) is 0 Å². The lowest BCUT2D eigenvalue weighted by atomic mass is 10.1. The minimum absolute atomic E-state index is 0.139. The molecule has 1 saturated heterocycles. The van der Waals surface area contributed by atoms with Gasteiger partial charge in [-0.2, -0.15) is 15.5 Å². The Balaban J connectivity index is 1.55. The lowest BCUT2D eigenvalue weighted by Crippen LogP contribution is -2.45. The van der Waals surface area contributed by atoms with E-state index in [4.69, 9.17) is 10.00 Å². The van der Waals surface area contributed by atoms with Crippen molar-refractivity contribution in [1.29, 1.82) is 10.5 Å². The summed E-state index contributed by atoms with van der Waals surface area (Å²) in [7, 11) is -3.25. The molecule has 4 rings (SSSR count). The molecule has 210 valence electrons.